The van der Waals surface area contributed by atoms with Crippen molar-refractivity contribution < 1.29 is 13.7 Å². The van der Waals surface area contributed by atoms with Gasteiger partial charge in [-0.1, -0.05) is 12.1 Å². The standard InChI is InChI=1S/C19H29NO3S/c1-18(2,3)23-17(21)15-11-9-14(10-12-15)16(13-7-8-13)20-24(22)19(4,5)6/h9-13,16,20H,7-8H2,1-6H3. The summed E-state index contributed by atoms with van der Waals surface area (Å²) in [6.07, 6.45) is 2.29. The van der Waals surface area contributed by atoms with Crippen LogP contribution in [0.5, 0.6) is 0 Å². The zero-order valence-corrected chi connectivity index (χ0v) is 16.3. The van der Waals surface area contributed by atoms with Gasteiger partial charge >= 0.3 is 5.97 Å². The molecule has 1 aromatic rings. The number of hydrogen-bond donors (Lipinski definition) is 1. The maximum atomic E-state index is 12.4. The van der Waals surface area contributed by atoms with Gasteiger partial charge in [-0.15, -0.1) is 0 Å². The molecule has 2 atom stereocenters. The van der Waals surface area contributed by atoms with E-state index in [2.05, 4.69) is 4.72 Å². The van der Waals surface area contributed by atoms with Gasteiger partial charge in [0.25, 0.3) is 0 Å². The van der Waals surface area contributed by atoms with E-state index in [1.54, 1.807) is 12.1 Å². The van der Waals surface area contributed by atoms with Crippen LogP contribution in [0, 0.1) is 5.92 Å². The van der Waals surface area contributed by atoms with Crippen LogP contribution < -0.4 is 4.72 Å². The highest BCUT2D eigenvalue weighted by atomic mass is 32.2. The number of carbonyl (C=O) groups is 1. The van der Waals surface area contributed by atoms with Gasteiger partial charge in [-0.25, -0.2) is 13.7 Å². The fourth-order valence-corrected chi connectivity index (χ4v) is 3.23. The van der Waals surface area contributed by atoms with Gasteiger partial charge in [0.2, 0.25) is 0 Å². The van der Waals surface area contributed by atoms with Crippen LogP contribution >= 0.6 is 0 Å². The Labute approximate surface area is 148 Å². The number of hydrogen-bond acceptors (Lipinski definition) is 3. The van der Waals surface area contributed by atoms with Crippen LogP contribution in [-0.2, 0) is 15.7 Å². The van der Waals surface area contributed by atoms with Crippen molar-refractivity contribution in [1.29, 1.82) is 0 Å². The molecule has 24 heavy (non-hydrogen) atoms. The van der Waals surface area contributed by atoms with Gasteiger partial charge in [-0.3, -0.25) is 0 Å². The topological polar surface area (TPSA) is 55.4 Å². The van der Waals surface area contributed by atoms with Crippen LogP contribution in [0.1, 0.15) is 76.3 Å². The van der Waals surface area contributed by atoms with Gasteiger partial charge in [0.05, 0.1) is 21.3 Å². The molecule has 1 aliphatic rings. The van der Waals surface area contributed by atoms with E-state index in [0.717, 1.165) is 18.4 Å². The summed E-state index contributed by atoms with van der Waals surface area (Å²) in [7, 11) is -1.12. The second kappa shape index (κ2) is 6.96. The number of benzene rings is 1. The summed E-state index contributed by atoms with van der Waals surface area (Å²) in [6.45, 7) is 11.5. The van der Waals surface area contributed by atoms with E-state index in [-0.39, 0.29) is 16.8 Å². The summed E-state index contributed by atoms with van der Waals surface area (Å²) < 4.78 is 20.8. The first-order valence-corrected chi connectivity index (χ1v) is 9.64. The maximum absolute atomic E-state index is 12.4. The van der Waals surface area contributed by atoms with Crippen molar-refractivity contribution in [2.75, 3.05) is 0 Å². The summed E-state index contributed by atoms with van der Waals surface area (Å²) in [5.74, 6) is 0.201. The molecule has 2 rings (SSSR count). The first-order chi connectivity index (χ1) is 11.0. The number of esters is 1. The third kappa shape index (κ3) is 5.42. The van der Waals surface area contributed by atoms with E-state index in [0.29, 0.717) is 11.5 Å². The van der Waals surface area contributed by atoms with E-state index in [1.807, 2.05) is 53.7 Å². The van der Waals surface area contributed by atoms with E-state index in [1.165, 1.54) is 0 Å². The molecule has 2 unspecified atom stereocenters. The van der Waals surface area contributed by atoms with Gasteiger partial charge in [0, 0.05) is 6.04 Å². The second-order valence-corrected chi connectivity index (χ2v) is 10.4. The molecule has 1 saturated carbocycles. The molecule has 0 amide bonds. The Kier molecular flexibility index (Phi) is 5.55. The number of rotatable bonds is 5. The lowest BCUT2D eigenvalue weighted by atomic mass is 10.0. The van der Waals surface area contributed by atoms with E-state index in [4.69, 9.17) is 4.74 Å². The molecule has 0 aliphatic heterocycles. The molecule has 134 valence electrons. The maximum Gasteiger partial charge on any atom is 0.338 e. The quantitative estimate of drug-likeness (QED) is 0.811. The fraction of sp³-hybridized carbons (Fsp3) is 0.632. The van der Waals surface area contributed by atoms with Crippen molar-refractivity contribution in [2.24, 2.45) is 5.92 Å². The van der Waals surface area contributed by atoms with Gasteiger partial charge in [0.1, 0.15) is 5.60 Å². The highest BCUT2D eigenvalue weighted by molar-refractivity contribution is 7.84. The first-order valence-electron chi connectivity index (χ1n) is 8.49. The minimum atomic E-state index is -1.12. The summed E-state index contributed by atoms with van der Waals surface area (Å²) in [5.41, 5.74) is 1.11. The zero-order valence-electron chi connectivity index (χ0n) is 15.5. The molecule has 0 aromatic heterocycles. The fourth-order valence-electron chi connectivity index (χ4n) is 2.32. The first kappa shape index (κ1) is 19.1. The van der Waals surface area contributed by atoms with Crippen molar-refractivity contribution in [3.8, 4) is 0 Å². The van der Waals surface area contributed by atoms with Gasteiger partial charge < -0.3 is 4.74 Å². The summed E-state index contributed by atoms with van der Waals surface area (Å²) in [4.78, 5) is 12.1. The Hall–Kier alpha value is -1.20. The van der Waals surface area contributed by atoms with Crippen LogP contribution in [0.2, 0.25) is 0 Å². The molecule has 5 heteroatoms. The predicted octanol–water partition coefficient (Wildman–Crippen LogP) is 4.14. The Bertz CT molecular complexity index is 607. The molecule has 1 aromatic carbocycles. The van der Waals surface area contributed by atoms with Crippen LogP contribution in [0.4, 0.5) is 0 Å². The van der Waals surface area contributed by atoms with Crippen molar-refractivity contribution >= 4 is 17.0 Å². The van der Waals surface area contributed by atoms with E-state index < -0.39 is 16.6 Å². The Balaban J connectivity index is 2.12. The Morgan fingerprint density at radius 2 is 1.67 bits per heavy atom. The van der Waals surface area contributed by atoms with Crippen LogP contribution in [0.15, 0.2) is 24.3 Å². The molecule has 4 nitrogen and oxygen atoms in total. The van der Waals surface area contributed by atoms with Gasteiger partial charge in [-0.05, 0) is 78.0 Å². The molecular weight excluding hydrogens is 322 g/mol. The smallest absolute Gasteiger partial charge is 0.338 e. The highest BCUT2D eigenvalue weighted by Crippen LogP contribution is 2.41. The minimum absolute atomic E-state index is 0.0674. The number of carbonyl (C=O) groups excluding carboxylic acids is 1. The van der Waals surface area contributed by atoms with Crippen LogP contribution in [-0.4, -0.2) is 20.5 Å². The summed E-state index contributed by atoms with van der Waals surface area (Å²) in [6, 6.07) is 7.53. The summed E-state index contributed by atoms with van der Waals surface area (Å²) >= 11 is 0. The van der Waals surface area contributed by atoms with E-state index in [9.17, 15) is 9.00 Å². The van der Waals surface area contributed by atoms with Crippen LogP contribution in [0.3, 0.4) is 0 Å². The number of nitrogens with one attached hydrogen (secondary N) is 1. The Morgan fingerprint density at radius 3 is 2.08 bits per heavy atom. The second-order valence-electron chi connectivity index (χ2n) is 8.44. The Morgan fingerprint density at radius 1 is 1.12 bits per heavy atom. The molecule has 0 heterocycles. The molecule has 1 aliphatic carbocycles. The van der Waals surface area contributed by atoms with Crippen molar-refractivity contribution in [1.82, 2.24) is 4.72 Å². The normalized spacial score (nSPS) is 18.1. The highest BCUT2D eigenvalue weighted by Gasteiger charge is 2.35. The molecule has 0 saturated heterocycles. The average molecular weight is 352 g/mol. The van der Waals surface area contributed by atoms with Crippen molar-refractivity contribution in [3.05, 3.63) is 35.4 Å². The monoisotopic (exact) mass is 351 g/mol. The minimum Gasteiger partial charge on any atom is -0.456 e. The lowest BCUT2D eigenvalue weighted by Gasteiger charge is -2.25. The van der Waals surface area contributed by atoms with Crippen LogP contribution in [0.25, 0.3) is 0 Å². The molecular formula is C19H29NO3S. The molecule has 0 spiro atoms. The summed E-state index contributed by atoms with van der Waals surface area (Å²) in [5, 5.41) is 0. The lowest BCUT2D eigenvalue weighted by molar-refractivity contribution is 0.00695. The third-order valence-electron chi connectivity index (χ3n) is 3.79. The molecule has 1 fully saturated rings. The predicted molar refractivity (Wildman–Crippen MR) is 98.1 cm³/mol. The van der Waals surface area contributed by atoms with E-state index >= 15 is 0 Å². The number of ether oxygens (including phenoxy) is 1. The third-order valence-corrected chi connectivity index (χ3v) is 5.37. The van der Waals surface area contributed by atoms with Crippen molar-refractivity contribution in [2.45, 2.75) is 70.8 Å². The van der Waals surface area contributed by atoms with Gasteiger partial charge in [-0.2, -0.15) is 0 Å². The molecule has 0 radical (unpaired) electrons. The largest absolute Gasteiger partial charge is 0.456 e. The SMILES string of the molecule is CC(C)(C)OC(=O)c1ccc(C(NS(=O)C(C)(C)C)C2CC2)cc1. The molecule has 0 bridgehead atoms. The van der Waals surface area contributed by atoms with Crippen molar-refractivity contribution in [3.63, 3.8) is 0 Å². The molecule has 1 N–H and O–H groups in total. The zero-order chi connectivity index (χ0) is 18.1. The van der Waals surface area contributed by atoms with Gasteiger partial charge in [0.15, 0.2) is 0 Å². The average Bonchev–Trinajstić information content (AvgIpc) is 3.26. The lowest BCUT2D eigenvalue weighted by Crippen LogP contribution is -2.36.